The lowest BCUT2D eigenvalue weighted by Gasteiger charge is -2.11. The highest BCUT2D eigenvalue weighted by molar-refractivity contribution is 6.06. The molecule has 0 saturated heterocycles. The molecule has 0 unspecified atom stereocenters. The number of hydrogen-bond acceptors (Lipinski definition) is 7. The number of benzene rings is 2. The third-order valence-electron chi connectivity index (χ3n) is 4.18. The summed E-state index contributed by atoms with van der Waals surface area (Å²) in [5, 5.41) is 13.1. The van der Waals surface area contributed by atoms with E-state index in [4.69, 9.17) is 15.2 Å². The first-order valence-corrected chi connectivity index (χ1v) is 9.77. The van der Waals surface area contributed by atoms with Gasteiger partial charge in [-0.3, -0.25) is 9.59 Å². The first-order chi connectivity index (χ1) is 15.0. The number of hydrogen-bond donors (Lipinski definition) is 3. The lowest BCUT2D eigenvalue weighted by molar-refractivity contribution is -0.116. The first kappa shape index (κ1) is 21.6. The molecular formula is C21H24N6O4. The Morgan fingerprint density at radius 1 is 0.935 bits per heavy atom. The first-order valence-electron chi connectivity index (χ1n) is 9.77. The van der Waals surface area contributed by atoms with E-state index < -0.39 is 11.8 Å². The fraction of sp³-hybridized carbons (Fsp3) is 0.238. The van der Waals surface area contributed by atoms with Gasteiger partial charge < -0.3 is 25.8 Å². The van der Waals surface area contributed by atoms with Crippen LogP contribution in [0.4, 0.5) is 17.2 Å². The Labute approximate surface area is 179 Å². The van der Waals surface area contributed by atoms with Gasteiger partial charge in [-0.1, -0.05) is 29.5 Å². The summed E-state index contributed by atoms with van der Waals surface area (Å²) in [7, 11) is 0. The van der Waals surface area contributed by atoms with Gasteiger partial charge in [-0.2, -0.15) is 0 Å². The van der Waals surface area contributed by atoms with Crippen LogP contribution < -0.4 is 25.8 Å². The number of carbonyl (C=O) groups is 2. The predicted octanol–water partition coefficient (Wildman–Crippen LogP) is 2.55. The number of nitrogens with two attached hydrogens (primary N) is 1. The molecule has 0 fully saturated rings. The number of rotatable bonds is 9. The Hall–Kier alpha value is -4.08. The van der Waals surface area contributed by atoms with Crippen LogP contribution in [-0.2, 0) is 11.3 Å². The van der Waals surface area contributed by atoms with E-state index in [1.165, 1.54) is 0 Å². The molecular weight excluding hydrogens is 400 g/mol. The van der Waals surface area contributed by atoms with Crippen LogP contribution in [-0.4, -0.2) is 40.0 Å². The summed E-state index contributed by atoms with van der Waals surface area (Å²) in [5.74, 6) is 0.102. The monoisotopic (exact) mass is 424 g/mol. The smallest absolute Gasteiger partial charge is 0.280 e. The standard InChI is InChI=1S/C21H24N6O4/c1-3-30-16-11-7-5-9-14(16)23-18(28)13-27-20(22)19(25-26-27)21(29)24-15-10-6-8-12-17(15)31-4-2/h5-12H,3-4,13,22H2,1-2H3,(H,23,28)(H,24,29). The Balaban J connectivity index is 1.69. The summed E-state index contributed by atoms with van der Waals surface area (Å²) in [4.78, 5) is 25.1. The maximum Gasteiger partial charge on any atom is 0.280 e. The van der Waals surface area contributed by atoms with Gasteiger partial charge in [0.1, 0.15) is 18.0 Å². The van der Waals surface area contributed by atoms with Crippen LogP contribution in [0.2, 0.25) is 0 Å². The molecule has 0 radical (unpaired) electrons. The Morgan fingerprint density at radius 3 is 2.06 bits per heavy atom. The van der Waals surface area contributed by atoms with Crippen LogP contribution in [0.15, 0.2) is 48.5 Å². The third-order valence-corrected chi connectivity index (χ3v) is 4.18. The molecule has 0 aliphatic rings. The largest absolute Gasteiger partial charge is 0.492 e. The summed E-state index contributed by atoms with van der Waals surface area (Å²) in [6.45, 7) is 4.40. The number of anilines is 3. The van der Waals surface area contributed by atoms with E-state index in [1.807, 2.05) is 19.9 Å². The molecule has 1 heterocycles. The van der Waals surface area contributed by atoms with Crippen molar-refractivity contribution < 1.29 is 19.1 Å². The second-order valence-electron chi connectivity index (χ2n) is 6.34. The van der Waals surface area contributed by atoms with Gasteiger partial charge in [0.05, 0.1) is 24.6 Å². The van der Waals surface area contributed by atoms with Crippen molar-refractivity contribution in [1.29, 1.82) is 0 Å². The number of amides is 2. The number of para-hydroxylation sites is 4. The maximum atomic E-state index is 12.6. The van der Waals surface area contributed by atoms with E-state index in [9.17, 15) is 9.59 Å². The van der Waals surface area contributed by atoms with Gasteiger partial charge in [-0.25, -0.2) is 4.68 Å². The zero-order chi connectivity index (χ0) is 22.2. The van der Waals surface area contributed by atoms with Gasteiger partial charge in [0.2, 0.25) is 5.91 Å². The highest BCUT2D eigenvalue weighted by Crippen LogP contribution is 2.25. The summed E-state index contributed by atoms with van der Waals surface area (Å²) < 4.78 is 12.1. The molecule has 0 spiro atoms. The molecule has 0 saturated carbocycles. The molecule has 1 aromatic heterocycles. The number of nitrogen functional groups attached to an aromatic ring is 1. The van der Waals surface area contributed by atoms with Crippen molar-refractivity contribution in [3.8, 4) is 11.5 Å². The lowest BCUT2D eigenvalue weighted by Crippen LogP contribution is -2.22. The normalized spacial score (nSPS) is 10.4. The second kappa shape index (κ2) is 10.1. The van der Waals surface area contributed by atoms with Gasteiger partial charge in [0, 0.05) is 0 Å². The van der Waals surface area contributed by atoms with Crippen LogP contribution in [0, 0.1) is 0 Å². The quantitative estimate of drug-likeness (QED) is 0.481. The summed E-state index contributed by atoms with van der Waals surface area (Å²) >= 11 is 0. The molecule has 2 aromatic carbocycles. The Morgan fingerprint density at radius 2 is 1.48 bits per heavy atom. The molecule has 10 nitrogen and oxygen atoms in total. The van der Waals surface area contributed by atoms with Crippen molar-refractivity contribution in [2.24, 2.45) is 0 Å². The van der Waals surface area contributed by atoms with Crippen molar-refractivity contribution in [2.75, 3.05) is 29.6 Å². The van der Waals surface area contributed by atoms with Crippen molar-refractivity contribution in [3.05, 3.63) is 54.2 Å². The average Bonchev–Trinajstić information content (AvgIpc) is 3.11. The fourth-order valence-electron chi connectivity index (χ4n) is 2.81. The minimum Gasteiger partial charge on any atom is -0.492 e. The minimum absolute atomic E-state index is 0.0281. The van der Waals surface area contributed by atoms with Crippen molar-refractivity contribution in [3.63, 3.8) is 0 Å². The van der Waals surface area contributed by atoms with Crippen LogP contribution >= 0.6 is 0 Å². The molecule has 0 aliphatic carbocycles. The molecule has 162 valence electrons. The number of nitrogens with one attached hydrogen (secondary N) is 2. The van der Waals surface area contributed by atoms with Crippen molar-refractivity contribution in [2.45, 2.75) is 20.4 Å². The molecule has 31 heavy (non-hydrogen) atoms. The van der Waals surface area contributed by atoms with E-state index in [0.717, 1.165) is 4.68 Å². The van der Waals surface area contributed by atoms with Crippen molar-refractivity contribution in [1.82, 2.24) is 15.0 Å². The molecule has 0 atom stereocenters. The van der Waals surface area contributed by atoms with Gasteiger partial charge in [0.25, 0.3) is 5.91 Å². The van der Waals surface area contributed by atoms with E-state index in [0.29, 0.717) is 36.1 Å². The Kier molecular flexibility index (Phi) is 7.05. The molecule has 3 aromatic rings. The van der Waals surface area contributed by atoms with E-state index in [2.05, 4.69) is 20.9 Å². The van der Waals surface area contributed by atoms with E-state index in [1.54, 1.807) is 42.5 Å². The van der Waals surface area contributed by atoms with E-state index in [-0.39, 0.29) is 18.1 Å². The van der Waals surface area contributed by atoms with Crippen molar-refractivity contribution >= 4 is 29.0 Å². The highest BCUT2D eigenvalue weighted by Gasteiger charge is 2.20. The molecule has 3 rings (SSSR count). The average molecular weight is 424 g/mol. The van der Waals surface area contributed by atoms with Gasteiger partial charge in [-0.15, -0.1) is 5.10 Å². The van der Waals surface area contributed by atoms with Gasteiger partial charge >= 0.3 is 0 Å². The number of carbonyl (C=O) groups excluding carboxylic acids is 2. The summed E-state index contributed by atoms with van der Waals surface area (Å²) in [5.41, 5.74) is 6.93. The predicted molar refractivity (Wildman–Crippen MR) is 116 cm³/mol. The topological polar surface area (TPSA) is 133 Å². The number of aromatic nitrogens is 3. The van der Waals surface area contributed by atoms with Crippen LogP contribution in [0.3, 0.4) is 0 Å². The SMILES string of the molecule is CCOc1ccccc1NC(=O)Cn1nnc(C(=O)Nc2ccccc2OCC)c1N. The van der Waals surface area contributed by atoms with Gasteiger partial charge in [0.15, 0.2) is 11.5 Å². The van der Waals surface area contributed by atoms with E-state index >= 15 is 0 Å². The zero-order valence-electron chi connectivity index (χ0n) is 17.3. The van der Waals surface area contributed by atoms with Crippen LogP contribution in [0.5, 0.6) is 11.5 Å². The lowest BCUT2D eigenvalue weighted by atomic mass is 10.2. The fourth-order valence-corrected chi connectivity index (χ4v) is 2.81. The van der Waals surface area contributed by atoms with Crippen LogP contribution in [0.1, 0.15) is 24.3 Å². The Bertz CT molecular complexity index is 1070. The molecule has 4 N–H and O–H groups in total. The number of nitrogens with zero attached hydrogens (tertiary/aromatic N) is 3. The van der Waals surface area contributed by atoms with Crippen LogP contribution in [0.25, 0.3) is 0 Å². The minimum atomic E-state index is -0.557. The number of ether oxygens (including phenoxy) is 2. The second-order valence-corrected chi connectivity index (χ2v) is 6.34. The zero-order valence-corrected chi connectivity index (χ0v) is 17.3. The third kappa shape index (κ3) is 5.30. The summed E-state index contributed by atoms with van der Waals surface area (Å²) in [6.07, 6.45) is 0. The highest BCUT2D eigenvalue weighted by atomic mass is 16.5. The summed E-state index contributed by atoms with van der Waals surface area (Å²) in [6, 6.07) is 14.1. The molecule has 0 bridgehead atoms. The molecule has 10 heteroatoms. The molecule has 2 amide bonds. The maximum absolute atomic E-state index is 12.6. The van der Waals surface area contributed by atoms with Gasteiger partial charge in [-0.05, 0) is 38.1 Å². The molecule has 0 aliphatic heterocycles.